The van der Waals surface area contributed by atoms with Crippen LogP contribution < -0.4 is 11.1 Å². The summed E-state index contributed by atoms with van der Waals surface area (Å²) in [5.74, 6) is 0.978. The molecule has 2 aromatic rings. The highest BCUT2D eigenvalue weighted by molar-refractivity contribution is 5.80. The predicted molar refractivity (Wildman–Crippen MR) is 90.8 cm³/mol. The van der Waals surface area contributed by atoms with E-state index in [9.17, 15) is 4.79 Å². The molecule has 1 aliphatic rings. The van der Waals surface area contributed by atoms with Crippen LogP contribution in [0.15, 0.2) is 30.3 Å². The average Bonchev–Trinajstić information content (AvgIpc) is 3.31. The number of aromatic nitrogens is 4. The van der Waals surface area contributed by atoms with Crippen molar-refractivity contribution in [2.45, 2.75) is 38.8 Å². The van der Waals surface area contributed by atoms with E-state index in [2.05, 4.69) is 20.7 Å². The molecule has 0 bridgehead atoms. The van der Waals surface area contributed by atoms with Crippen LogP contribution in [-0.4, -0.2) is 38.7 Å². The molecule has 1 aromatic carbocycles. The van der Waals surface area contributed by atoms with Crippen molar-refractivity contribution in [2.24, 2.45) is 17.6 Å². The Hall–Kier alpha value is -2.28. The maximum Gasteiger partial charge on any atom is 0.247 e. The van der Waals surface area contributed by atoms with E-state index in [1.165, 1.54) is 4.80 Å². The van der Waals surface area contributed by atoms with Gasteiger partial charge in [-0.25, -0.2) is 0 Å². The number of carbonyl (C=O) groups is 1. The van der Waals surface area contributed by atoms with Gasteiger partial charge in [-0.1, -0.05) is 44.2 Å². The van der Waals surface area contributed by atoms with Gasteiger partial charge in [0.05, 0.1) is 0 Å². The van der Waals surface area contributed by atoms with Crippen LogP contribution in [-0.2, 0) is 4.79 Å². The highest BCUT2D eigenvalue weighted by Crippen LogP contribution is 2.32. The second-order valence-electron chi connectivity index (χ2n) is 6.68. The van der Waals surface area contributed by atoms with Crippen LogP contribution in [0.25, 0.3) is 11.4 Å². The smallest absolute Gasteiger partial charge is 0.247 e. The molecule has 7 nitrogen and oxygen atoms in total. The molecule has 1 amide bonds. The van der Waals surface area contributed by atoms with Crippen molar-refractivity contribution in [1.82, 2.24) is 25.5 Å². The normalized spacial score (nSPS) is 16.8. The predicted octanol–water partition coefficient (Wildman–Crippen LogP) is 1.39. The number of rotatable bonds is 7. The molecule has 1 aliphatic carbocycles. The number of benzene rings is 1. The van der Waals surface area contributed by atoms with Gasteiger partial charge in [-0.2, -0.15) is 4.80 Å². The van der Waals surface area contributed by atoms with Crippen molar-refractivity contribution in [2.75, 3.05) is 6.54 Å². The summed E-state index contributed by atoms with van der Waals surface area (Å²) in [7, 11) is 0. The Morgan fingerprint density at radius 1 is 1.33 bits per heavy atom. The molecule has 24 heavy (non-hydrogen) atoms. The molecule has 2 unspecified atom stereocenters. The average molecular weight is 328 g/mol. The van der Waals surface area contributed by atoms with Crippen LogP contribution >= 0.6 is 0 Å². The van der Waals surface area contributed by atoms with Crippen molar-refractivity contribution in [3.05, 3.63) is 30.3 Å². The molecule has 128 valence electrons. The summed E-state index contributed by atoms with van der Waals surface area (Å²) in [4.78, 5) is 14.2. The van der Waals surface area contributed by atoms with Crippen molar-refractivity contribution in [1.29, 1.82) is 0 Å². The Labute approximate surface area is 141 Å². The number of carbonyl (C=O) groups excluding carboxylic acids is 1. The molecule has 7 heteroatoms. The Morgan fingerprint density at radius 3 is 2.62 bits per heavy atom. The minimum atomic E-state index is -0.497. The van der Waals surface area contributed by atoms with Crippen molar-refractivity contribution >= 4 is 5.91 Å². The lowest BCUT2D eigenvalue weighted by molar-refractivity contribution is -0.127. The van der Waals surface area contributed by atoms with Crippen molar-refractivity contribution in [3.8, 4) is 11.4 Å². The number of hydrogen-bond donors (Lipinski definition) is 2. The SMILES string of the molecule is CC(C)C(C(=O)NC(CN)C1CC1)n1nnc(-c2ccccc2)n1. The summed E-state index contributed by atoms with van der Waals surface area (Å²) in [5, 5.41) is 15.7. The molecule has 0 saturated heterocycles. The monoisotopic (exact) mass is 328 g/mol. The molecule has 1 aromatic heterocycles. The third kappa shape index (κ3) is 3.62. The summed E-state index contributed by atoms with van der Waals surface area (Å²) in [5.41, 5.74) is 6.67. The van der Waals surface area contributed by atoms with Crippen LogP contribution in [0.3, 0.4) is 0 Å². The Bertz CT molecular complexity index is 679. The minimum Gasteiger partial charge on any atom is -0.350 e. The maximum atomic E-state index is 12.7. The summed E-state index contributed by atoms with van der Waals surface area (Å²) >= 11 is 0. The van der Waals surface area contributed by atoms with Gasteiger partial charge in [0.2, 0.25) is 11.7 Å². The quantitative estimate of drug-likeness (QED) is 0.800. The van der Waals surface area contributed by atoms with E-state index in [-0.39, 0.29) is 17.9 Å². The topological polar surface area (TPSA) is 98.7 Å². The first-order valence-electron chi connectivity index (χ1n) is 8.45. The van der Waals surface area contributed by atoms with E-state index in [4.69, 9.17) is 5.73 Å². The molecule has 0 spiro atoms. The summed E-state index contributed by atoms with van der Waals surface area (Å²) in [6.45, 7) is 4.41. The fraction of sp³-hybridized carbons (Fsp3) is 0.529. The van der Waals surface area contributed by atoms with Crippen molar-refractivity contribution < 1.29 is 4.79 Å². The number of nitrogens with two attached hydrogens (primary N) is 1. The second kappa shape index (κ2) is 7.09. The van der Waals surface area contributed by atoms with E-state index in [1.54, 1.807) is 0 Å². The van der Waals surface area contributed by atoms with Gasteiger partial charge in [0.1, 0.15) is 0 Å². The third-order valence-corrected chi connectivity index (χ3v) is 4.38. The first kappa shape index (κ1) is 16.6. The van der Waals surface area contributed by atoms with Gasteiger partial charge in [-0.3, -0.25) is 4.79 Å². The van der Waals surface area contributed by atoms with Crippen LogP contribution in [0.1, 0.15) is 32.7 Å². The molecule has 3 rings (SSSR count). The van der Waals surface area contributed by atoms with Gasteiger partial charge in [0, 0.05) is 18.2 Å². The standard InChI is InChI=1S/C17H24N6O/c1-11(2)15(17(24)19-14(10-18)12-8-9-12)23-21-16(20-22-23)13-6-4-3-5-7-13/h3-7,11-12,14-15H,8-10,18H2,1-2H3,(H,19,24). The zero-order chi connectivity index (χ0) is 17.1. The van der Waals surface area contributed by atoms with E-state index in [0.29, 0.717) is 18.3 Å². The highest BCUT2D eigenvalue weighted by Gasteiger charge is 2.34. The molecule has 2 atom stereocenters. The largest absolute Gasteiger partial charge is 0.350 e. The van der Waals surface area contributed by atoms with Gasteiger partial charge in [-0.05, 0) is 29.9 Å². The second-order valence-corrected chi connectivity index (χ2v) is 6.68. The van der Waals surface area contributed by atoms with E-state index in [1.807, 2.05) is 44.2 Å². The summed E-state index contributed by atoms with van der Waals surface area (Å²) in [6, 6.07) is 9.16. The van der Waals surface area contributed by atoms with E-state index >= 15 is 0 Å². The van der Waals surface area contributed by atoms with Crippen LogP contribution in [0.5, 0.6) is 0 Å². The summed E-state index contributed by atoms with van der Waals surface area (Å²) < 4.78 is 0. The number of nitrogens with one attached hydrogen (secondary N) is 1. The maximum absolute atomic E-state index is 12.7. The zero-order valence-electron chi connectivity index (χ0n) is 14.1. The third-order valence-electron chi connectivity index (χ3n) is 4.38. The van der Waals surface area contributed by atoms with Crippen molar-refractivity contribution in [3.63, 3.8) is 0 Å². The number of amides is 1. The Morgan fingerprint density at radius 2 is 2.04 bits per heavy atom. The van der Waals surface area contributed by atoms with Crippen LogP contribution in [0.4, 0.5) is 0 Å². The molecular weight excluding hydrogens is 304 g/mol. The minimum absolute atomic E-state index is 0.0378. The van der Waals surface area contributed by atoms with E-state index < -0.39 is 6.04 Å². The molecule has 3 N–H and O–H groups in total. The van der Waals surface area contributed by atoms with E-state index in [0.717, 1.165) is 18.4 Å². The first-order chi connectivity index (χ1) is 11.6. The van der Waals surface area contributed by atoms with Gasteiger partial charge >= 0.3 is 0 Å². The zero-order valence-corrected chi connectivity index (χ0v) is 14.1. The van der Waals surface area contributed by atoms with Crippen LogP contribution in [0, 0.1) is 11.8 Å². The lowest BCUT2D eigenvalue weighted by Crippen LogP contribution is -2.46. The van der Waals surface area contributed by atoms with Gasteiger partial charge in [0.15, 0.2) is 6.04 Å². The molecule has 0 aliphatic heterocycles. The lowest BCUT2D eigenvalue weighted by atomic mass is 10.0. The summed E-state index contributed by atoms with van der Waals surface area (Å²) in [6.07, 6.45) is 2.27. The molecule has 0 radical (unpaired) electrons. The lowest BCUT2D eigenvalue weighted by Gasteiger charge is -2.23. The van der Waals surface area contributed by atoms with Crippen LogP contribution in [0.2, 0.25) is 0 Å². The first-order valence-corrected chi connectivity index (χ1v) is 8.45. The fourth-order valence-corrected chi connectivity index (χ4v) is 2.86. The van der Waals surface area contributed by atoms with Gasteiger partial charge < -0.3 is 11.1 Å². The van der Waals surface area contributed by atoms with Gasteiger partial charge in [-0.15, -0.1) is 10.2 Å². The Balaban J connectivity index is 1.78. The fourth-order valence-electron chi connectivity index (χ4n) is 2.86. The molecule has 1 heterocycles. The Kier molecular flexibility index (Phi) is 4.89. The van der Waals surface area contributed by atoms with Gasteiger partial charge in [0.25, 0.3) is 0 Å². The molecular formula is C17H24N6O. The number of tetrazole rings is 1. The number of hydrogen-bond acceptors (Lipinski definition) is 5. The molecule has 1 saturated carbocycles. The highest BCUT2D eigenvalue weighted by atomic mass is 16.2. The number of nitrogens with zero attached hydrogens (tertiary/aromatic N) is 4. The molecule has 1 fully saturated rings.